The van der Waals surface area contributed by atoms with Gasteiger partial charge in [-0.2, -0.15) is 0 Å². The summed E-state index contributed by atoms with van der Waals surface area (Å²) in [6, 6.07) is 14.4. The van der Waals surface area contributed by atoms with E-state index in [0.717, 1.165) is 16.9 Å². The number of likely N-dealkylation sites (N-methyl/N-ethyl adjacent to an activating group) is 2. The van der Waals surface area contributed by atoms with Crippen molar-refractivity contribution in [2.24, 2.45) is 4.99 Å². The molecule has 170 valence electrons. The summed E-state index contributed by atoms with van der Waals surface area (Å²) in [7, 11) is 4.89. The second-order valence-electron chi connectivity index (χ2n) is 7.92. The number of imide groups is 1. The highest BCUT2D eigenvalue weighted by Gasteiger charge is 2.54. The lowest BCUT2D eigenvalue weighted by Crippen LogP contribution is -2.64. The second-order valence-corrected chi connectivity index (χ2v) is 7.92. The zero-order valence-electron chi connectivity index (χ0n) is 18.9. The lowest BCUT2D eigenvalue weighted by molar-refractivity contribution is -0.136. The van der Waals surface area contributed by atoms with Gasteiger partial charge < -0.3 is 14.4 Å². The highest BCUT2D eigenvalue weighted by Crippen LogP contribution is 2.44. The molecule has 1 saturated heterocycles. The van der Waals surface area contributed by atoms with Gasteiger partial charge in [0.05, 0.1) is 25.6 Å². The van der Waals surface area contributed by atoms with Crippen molar-refractivity contribution >= 4 is 29.3 Å². The van der Waals surface area contributed by atoms with Gasteiger partial charge >= 0.3 is 6.03 Å². The fraction of sp³-hybridized carbons (Fsp3) is 0.292. The summed E-state index contributed by atoms with van der Waals surface area (Å²) >= 11 is 0. The van der Waals surface area contributed by atoms with Crippen LogP contribution in [0.1, 0.15) is 12.5 Å². The van der Waals surface area contributed by atoms with E-state index in [-0.39, 0.29) is 11.9 Å². The monoisotopic (exact) mass is 447 g/mol. The van der Waals surface area contributed by atoms with Crippen LogP contribution in [0.15, 0.2) is 59.7 Å². The van der Waals surface area contributed by atoms with E-state index in [1.807, 2.05) is 64.5 Å². The molecule has 2 aromatic carbocycles. The Kier molecular flexibility index (Phi) is 4.96. The number of rotatable bonds is 5. The normalized spacial score (nSPS) is 21.7. The van der Waals surface area contributed by atoms with E-state index >= 15 is 0 Å². The second kappa shape index (κ2) is 7.84. The van der Waals surface area contributed by atoms with Crippen molar-refractivity contribution in [2.75, 3.05) is 32.7 Å². The molecule has 0 spiro atoms. The number of urea groups is 1. The number of ether oxygens (including phenoxy) is 2. The number of carbonyl (C=O) groups excluding carboxylic acids is 2. The number of guanidine groups is 1. The van der Waals surface area contributed by atoms with Crippen LogP contribution in [-0.4, -0.2) is 72.6 Å². The van der Waals surface area contributed by atoms with E-state index in [2.05, 4.69) is 0 Å². The number of anilines is 1. The van der Waals surface area contributed by atoms with E-state index < -0.39 is 12.2 Å². The SMILES string of the molecule is CCN1C(=O)C2C(N=C3N(c4cc(OC)ccc4OC)C(c4ccccc4)=CN32)N(C)C1=O. The van der Waals surface area contributed by atoms with Crippen molar-refractivity contribution in [3.8, 4) is 11.5 Å². The predicted octanol–water partition coefficient (Wildman–Crippen LogP) is 2.80. The molecule has 2 atom stereocenters. The van der Waals surface area contributed by atoms with Crippen LogP contribution < -0.4 is 14.4 Å². The van der Waals surface area contributed by atoms with Crippen molar-refractivity contribution in [1.82, 2.24) is 14.7 Å². The van der Waals surface area contributed by atoms with Gasteiger partial charge in [-0.3, -0.25) is 19.5 Å². The highest BCUT2D eigenvalue weighted by atomic mass is 16.5. The Morgan fingerprint density at radius 3 is 2.45 bits per heavy atom. The van der Waals surface area contributed by atoms with Crippen molar-refractivity contribution in [1.29, 1.82) is 0 Å². The van der Waals surface area contributed by atoms with Gasteiger partial charge in [0.25, 0.3) is 5.91 Å². The Hall–Kier alpha value is -4.01. The van der Waals surface area contributed by atoms with Crippen LogP contribution in [0.3, 0.4) is 0 Å². The first kappa shape index (κ1) is 20.9. The minimum absolute atomic E-state index is 0.257. The fourth-order valence-electron chi connectivity index (χ4n) is 4.55. The number of nitrogens with zero attached hydrogens (tertiary/aromatic N) is 5. The average molecular weight is 447 g/mol. The molecule has 9 heteroatoms. The van der Waals surface area contributed by atoms with Gasteiger partial charge in [-0.05, 0) is 19.1 Å². The predicted molar refractivity (Wildman–Crippen MR) is 124 cm³/mol. The molecule has 9 nitrogen and oxygen atoms in total. The van der Waals surface area contributed by atoms with E-state index in [1.165, 1.54) is 9.80 Å². The molecular weight excluding hydrogens is 422 g/mol. The van der Waals surface area contributed by atoms with Crippen molar-refractivity contribution in [2.45, 2.75) is 19.1 Å². The number of aliphatic imine (C=N–C) groups is 1. The van der Waals surface area contributed by atoms with Gasteiger partial charge in [0, 0.05) is 31.4 Å². The molecule has 0 aliphatic carbocycles. The maximum absolute atomic E-state index is 13.3. The summed E-state index contributed by atoms with van der Waals surface area (Å²) < 4.78 is 11.1. The zero-order chi connectivity index (χ0) is 23.3. The van der Waals surface area contributed by atoms with Gasteiger partial charge in [-0.15, -0.1) is 0 Å². The molecule has 2 unspecified atom stereocenters. The molecule has 3 aliphatic rings. The maximum Gasteiger partial charge on any atom is 0.328 e. The molecule has 2 aromatic rings. The zero-order valence-corrected chi connectivity index (χ0v) is 18.9. The minimum Gasteiger partial charge on any atom is -0.497 e. The summed E-state index contributed by atoms with van der Waals surface area (Å²) in [6.45, 7) is 2.10. The number of benzene rings is 2. The first-order chi connectivity index (χ1) is 16.0. The molecule has 3 amide bonds. The highest BCUT2D eigenvalue weighted by molar-refractivity contribution is 6.16. The molecule has 1 fully saturated rings. The molecular formula is C24H25N5O4. The van der Waals surface area contributed by atoms with Crippen LogP contribution in [0, 0.1) is 0 Å². The van der Waals surface area contributed by atoms with Crippen LogP contribution in [0.2, 0.25) is 0 Å². The topological polar surface area (TPSA) is 77.9 Å². The van der Waals surface area contributed by atoms with Crippen molar-refractivity contribution in [3.05, 3.63) is 60.3 Å². The molecule has 0 bridgehead atoms. The molecule has 0 N–H and O–H groups in total. The molecule has 33 heavy (non-hydrogen) atoms. The molecule has 3 heterocycles. The summed E-state index contributed by atoms with van der Waals surface area (Å²) in [5.41, 5.74) is 2.52. The van der Waals surface area contributed by atoms with Gasteiger partial charge in [0.2, 0.25) is 5.96 Å². The first-order valence-corrected chi connectivity index (χ1v) is 10.7. The number of hydrogen-bond donors (Lipinski definition) is 0. The Morgan fingerprint density at radius 1 is 1.03 bits per heavy atom. The summed E-state index contributed by atoms with van der Waals surface area (Å²) in [6.07, 6.45) is 1.31. The molecule has 0 saturated carbocycles. The van der Waals surface area contributed by atoms with Gasteiger partial charge in [0.15, 0.2) is 12.2 Å². The van der Waals surface area contributed by atoms with Crippen LogP contribution in [0.4, 0.5) is 10.5 Å². The summed E-state index contributed by atoms with van der Waals surface area (Å²) in [5, 5.41) is 0. The maximum atomic E-state index is 13.3. The Balaban J connectivity index is 1.68. The number of fused-ring (bicyclic) bond motifs is 3. The van der Waals surface area contributed by atoms with Gasteiger partial charge in [-0.1, -0.05) is 30.3 Å². The standard InChI is InChI=1S/C24H25N5O4/c1-5-27-22(30)20-21(26(2)24(27)31)25-23-28(20)14-18(15-9-7-6-8-10-15)29(23)17-13-16(32-3)11-12-19(17)33-4/h6-14,20-21H,5H2,1-4H3. The van der Waals surface area contributed by atoms with Gasteiger partial charge in [0.1, 0.15) is 11.5 Å². The Labute approximate surface area is 192 Å². The van der Waals surface area contributed by atoms with Crippen LogP contribution in [0.25, 0.3) is 5.70 Å². The molecule has 5 rings (SSSR count). The number of methoxy groups -OCH3 is 2. The third-order valence-corrected chi connectivity index (χ3v) is 6.22. The molecule has 0 radical (unpaired) electrons. The lowest BCUT2D eigenvalue weighted by Gasteiger charge is -2.39. The lowest BCUT2D eigenvalue weighted by atomic mass is 10.1. The van der Waals surface area contributed by atoms with E-state index in [0.29, 0.717) is 24.0 Å². The molecule has 0 aromatic heterocycles. The minimum atomic E-state index is -0.636. The smallest absolute Gasteiger partial charge is 0.328 e. The molecule has 3 aliphatic heterocycles. The Morgan fingerprint density at radius 2 is 1.79 bits per heavy atom. The van der Waals surface area contributed by atoms with E-state index in [1.54, 1.807) is 28.2 Å². The summed E-state index contributed by atoms with van der Waals surface area (Å²) in [4.78, 5) is 37.5. The van der Waals surface area contributed by atoms with Crippen molar-refractivity contribution < 1.29 is 19.1 Å². The van der Waals surface area contributed by atoms with Crippen LogP contribution in [0.5, 0.6) is 11.5 Å². The number of hydrogen-bond acceptors (Lipinski definition) is 7. The average Bonchev–Trinajstić information content (AvgIpc) is 3.39. The van der Waals surface area contributed by atoms with Crippen LogP contribution >= 0.6 is 0 Å². The van der Waals surface area contributed by atoms with E-state index in [4.69, 9.17) is 14.5 Å². The Bertz CT molecular complexity index is 1180. The van der Waals surface area contributed by atoms with E-state index in [9.17, 15) is 9.59 Å². The van der Waals surface area contributed by atoms with Gasteiger partial charge in [-0.25, -0.2) is 9.79 Å². The van der Waals surface area contributed by atoms with Crippen molar-refractivity contribution in [3.63, 3.8) is 0 Å². The summed E-state index contributed by atoms with van der Waals surface area (Å²) in [5.74, 6) is 1.59. The number of carbonyl (C=O) groups is 2. The fourth-order valence-corrected chi connectivity index (χ4v) is 4.55. The first-order valence-electron chi connectivity index (χ1n) is 10.7. The quantitative estimate of drug-likeness (QED) is 0.702. The largest absolute Gasteiger partial charge is 0.497 e. The third-order valence-electron chi connectivity index (χ3n) is 6.22. The third kappa shape index (κ3) is 3.03. The number of amides is 3. The van der Waals surface area contributed by atoms with Crippen LogP contribution in [-0.2, 0) is 4.79 Å².